The molecule has 0 aliphatic carbocycles. The lowest BCUT2D eigenvalue weighted by Crippen LogP contribution is -1.96. The van der Waals surface area contributed by atoms with Gasteiger partial charge in [0.2, 0.25) is 0 Å². The fraction of sp³-hybridized carbons (Fsp3) is 0. The average Bonchev–Trinajstić information content (AvgIpc) is 3.93. The monoisotopic (exact) mass is 725 g/mol. The van der Waals surface area contributed by atoms with Gasteiger partial charge in [0.05, 0.1) is 33.1 Å². The third kappa shape index (κ3) is 4.73. The number of hydrogen-bond acceptors (Lipinski definition) is 0. The second-order valence-electron chi connectivity index (χ2n) is 14.9. The Morgan fingerprint density at radius 3 is 1.46 bits per heavy atom. The second kappa shape index (κ2) is 12.5. The molecule has 0 N–H and O–H groups in total. The summed E-state index contributed by atoms with van der Waals surface area (Å²) >= 11 is 0. The molecule has 12 rings (SSSR count). The third-order valence-electron chi connectivity index (χ3n) is 11.8. The van der Waals surface area contributed by atoms with Crippen molar-refractivity contribution in [3.8, 4) is 39.3 Å². The summed E-state index contributed by atoms with van der Waals surface area (Å²) in [4.78, 5) is 0. The molecule has 3 heterocycles. The van der Waals surface area contributed by atoms with Crippen molar-refractivity contribution in [1.82, 2.24) is 13.7 Å². The molecule has 0 aliphatic rings. The molecule has 3 heteroatoms. The predicted molar refractivity (Wildman–Crippen MR) is 240 cm³/mol. The molecular formula is C54H35N3. The van der Waals surface area contributed by atoms with Crippen LogP contribution in [0.1, 0.15) is 0 Å². The van der Waals surface area contributed by atoms with Crippen LogP contribution < -0.4 is 0 Å². The van der Waals surface area contributed by atoms with Gasteiger partial charge in [0.1, 0.15) is 0 Å². The summed E-state index contributed by atoms with van der Waals surface area (Å²) in [5.74, 6) is 0. The maximum absolute atomic E-state index is 2.50. The lowest BCUT2D eigenvalue weighted by molar-refractivity contribution is 1.17. The van der Waals surface area contributed by atoms with Gasteiger partial charge in [-0.3, -0.25) is 0 Å². The summed E-state index contributed by atoms with van der Waals surface area (Å²) in [6.07, 6.45) is 0. The Morgan fingerprint density at radius 1 is 0.246 bits per heavy atom. The number of rotatable bonds is 5. The van der Waals surface area contributed by atoms with E-state index >= 15 is 0 Å². The van der Waals surface area contributed by atoms with E-state index < -0.39 is 0 Å². The van der Waals surface area contributed by atoms with Crippen molar-refractivity contribution >= 4 is 65.4 Å². The SMILES string of the molecule is c1ccc(-c2ccc(-n3c4ccccc4c4c(-c5cccc(-n6c7ccccc7c7ccc8c(c9ccccc9n8-c8ccccc8)c76)c5)cccc43)cc2)cc1. The van der Waals surface area contributed by atoms with Gasteiger partial charge in [-0.25, -0.2) is 0 Å². The molecule has 3 nitrogen and oxygen atoms in total. The number of para-hydroxylation sites is 4. The Balaban J connectivity index is 1.09. The topological polar surface area (TPSA) is 14.8 Å². The van der Waals surface area contributed by atoms with E-state index in [4.69, 9.17) is 0 Å². The zero-order valence-corrected chi connectivity index (χ0v) is 31.0. The largest absolute Gasteiger partial charge is 0.309 e. The van der Waals surface area contributed by atoms with Crippen LogP contribution in [0.25, 0.3) is 105 Å². The van der Waals surface area contributed by atoms with Crippen molar-refractivity contribution in [2.45, 2.75) is 0 Å². The average molecular weight is 726 g/mol. The molecule has 0 aliphatic heterocycles. The normalized spacial score (nSPS) is 11.9. The Hall–Kier alpha value is -7.62. The van der Waals surface area contributed by atoms with Crippen LogP contribution in [0.2, 0.25) is 0 Å². The maximum atomic E-state index is 2.50. The summed E-state index contributed by atoms with van der Waals surface area (Å²) < 4.78 is 7.32. The van der Waals surface area contributed by atoms with E-state index in [-0.39, 0.29) is 0 Å². The van der Waals surface area contributed by atoms with Crippen LogP contribution in [0.15, 0.2) is 212 Å². The van der Waals surface area contributed by atoms with Crippen molar-refractivity contribution in [2.24, 2.45) is 0 Å². The van der Waals surface area contributed by atoms with Gasteiger partial charge in [-0.1, -0.05) is 146 Å². The number of aromatic nitrogens is 3. The minimum atomic E-state index is 1.14. The zero-order chi connectivity index (χ0) is 37.5. The highest BCUT2D eigenvalue weighted by Gasteiger charge is 2.22. The molecule has 0 radical (unpaired) electrons. The van der Waals surface area contributed by atoms with Crippen molar-refractivity contribution in [3.05, 3.63) is 212 Å². The number of fused-ring (bicyclic) bond motifs is 10. The minimum absolute atomic E-state index is 1.14. The minimum Gasteiger partial charge on any atom is -0.309 e. The molecule has 0 saturated carbocycles. The first-order valence-electron chi connectivity index (χ1n) is 19.6. The van der Waals surface area contributed by atoms with Gasteiger partial charge in [-0.05, 0) is 89.0 Å². The molecular weight excluding hydrogens is 691 g/mol. The highest BCUT2D eigenvalue weighted by molar-refractivity contribution is 6.26. The highest BCUT2D eigenvalue weighted by atomic mass is 15.0. The van der Waals surface area contributed by atoms with Crippen LogP contribution in [-0.4, -0.2) is 13.7 Å². The summed E-state index contributed by atoms with van der Waals surface area (Å²) in [5, 5.41) is 7.51. The van der Waals surface area contributed by atoms with Gasteiger partial charge in [-0.15, -0.1) is 0 Å². The molecule has 12 aromatic rings. The number of hydrogen-bond donors (Lipinski definition) is 0. The highest BCUT2D eigenvalue weighted by Crippen LogP contribution is 2.43. The van der Waals surface area contributed by atoms with Gasteiger partial charge in [0.25, 0.3) is 0 Å². The molecule has 0 saturated heterocycles. The molecule has 57 heavy (non-hydrogen) atoms. The Kier molecular flexibility index (Phi) is 6.93. The molecule has 0 amide bonds. The lowest BCUT2D eigenvalue weighted by Gasteiger charge is -2.13. The maximum Gasteiger partial charge on any atom is 0.0641 e. The Morgan fingerprint density at radius 2 is 0.737 bits per heavy atom. The standard InChI is InChI=1S/C54H35N3/c1-3-15-36(16-4-1)37-29-31-40(32-30-37)56-48-26-11-8-22-45(48)52-42(24-14-28-50(52)56)38-17-13-20-41(35-38)57-47-25-10-7-21-43(47)44-33-34-51-53(54(44)57)46-23-9-12-27-49(46)55(51)39-18-5-2-6-19-39/h1-35H. The molecule has 3 aromatic heterocycles. The summed E-state index contributed by atoms with van der Waals surface area (Å²) in [7, 11) is 0. The van der Waals surface area contributed by atoms with Gasteiger partial charge in [0, 0.05) is 49.4 Å². The van der Waals surface area contributed by atoms with Gasteiger partial charge < -0.3 is 13.7 Å². The number of nitrogens with zero attached hydrogens (tertiary/aromatic N) is 3. The van der Waals surface area contributed by atoms with E-state index in [2.05, 4.69) is 226 Å². The Labute approximate surface area is 329 Å². The van der Waals surface area contributed by atoms with Gasteiger partial charge in [0.15, 0.2) is 0 Å². The second-order valence-corrected chi connectivity index (χ2v) is 14.9. The lowest BCUT2D eigenvalue weighted by atomic mass is 9.99. The third-order valence-corrected chi connectivity index (χ3v) is 11.8. The molecule has 9 aromatic carbocycles. The molecule has 266 valence electrons. The first-order chi connectivity index (χ1) is 28.3. The first kappa shape index (κ1) is 31.7. The molecule has 0 unspecified atom stereocenters. The van der Waals surface area contributed by atoms with E-state index in [9.17, 15) is 0 Å². The van der Waals surface area contributed by atoms with Crippen molar-refractivity contribution in [3.63, 3.8) is 0 Å². The smallest absolute Gasteiger partial charge is 0.0641 e. The van der Waals surface area contributed by atoms with Crippen molar-refractivity contribution in [2.75, 3.05) is 0 Å². The van der Waals surface area contributed by atoms with Crippen LogP contribution in [0.5, 0.6) is 0 Å². The Bertz CT molecular complexity index is 3490. The zero-order valence-electron chi connectivity index (χ0n) is 31.0. The summed E-state index contributed by atoms with van der Waals surface area (Å²) in [6, 6.07) is 77.3. The van der Waals surface area contributed by atoms with Crippen LogP contribution >= 0.6 is 0 Å². The summed E-state index contributed by atoms with van der Waals surface area (Å²) in [6.45, 7) is 0. The van der Waals surface area contributed by atoms with E-state index in [1.165, 1.54) is 87.7 Å². The van der Waals surface area contributed by atoms with E-state index in [0.717, 1.165) is 17.1 Å². The van der Waals surface area contributed by atoms with Crippen molar-refractivity contribution < 1.29 is 0 Å². The van der Waals surface area contributed by atoms with E-state index in [0.29, 0.717) is 0 Å². The fourth-order valence-corrected chi connectivity index (χ4v) is 9.42. The molecule has 0 bridgehead atoms. The first-order valence-corrected chi connectivity index (χ1v) is 19.6. The van der Waals surface area contributed by atoms with Crippen LogP contribution in [-0.2, 0) is 0 Å². The van der Waals surface area contributed by atoms with Crippen LogP contribution in [0.4, 0.5) is 0 Å². The van der Waals surface area contributed by atoms with Crippen LogP contribution in [0, 0.1) is 0 Å². The van der Waals surface area contributed by atoms with Crippen LogP contribution in [0.3, 0.4) is 0 Å². The summed E-state index contributed by atoms with van der Waals surface area (Å²) in [5.41, 5.74) is 15.5. The fourth-order valence-electron chi connectivity index (χ4n) is 9.42. The molecule has 0 fully saturated rings. The predicted octanol–water partition coefficient (Wildman–Crippen LogP) is 14.3. The van der Waals surface area contributed by atoms with Gasteiger partial charge in [-0.2, -0.15) is 0 Å². The quantitative estimate of drug-likeness (QED) is 0.168. The van der Waals surface area contributed by atoms with E-state index in [1.807, 2.05) is 0 Å². The molecule has 0 atom stereocenters. The van der Waals surface area contributed by atoms with Crippen molar-refractivity contribution in [1.29, 1.82) is 0 Å². The van der Waals surface area contributed by atoms with Gasteiger partial charge >= 0.3 is 0 Å². The van der Waals surface area contributed by atoms with E-state index in [1.54, 1.807) is 0 Å². The molecule has 0 spiro atoms. The number of benzene rings is 9.